The van der Waals surface area contributed by atoms with E-state index in [0.29, 0.717) is 0 Å². The van der Waals surface area contributed by atoms with E-state index >= 15 is 0 Å². The van der Waals surface area contributed by atoms with Crippen LogP contribution in [-0.4, -0.2) is 22.3 Å². The lowest BCUT2D eigenvalue weighted by Gasteiger charge is -2.02. The molecular weight excluding hydrogens is 163 g/mol. The molecule has 0 fully saturated rings. The Morgan fingerprint density at radius 2 is 1.92 bits per heavy atom. The second kappa shape index (κ2) is 3.42. The molecule has 0 aliphatic carbocycles. The molecule has 64 valence electrons. The zero-order chi connectivity index (χ0) is 9.14. The van der Waals surface area contributed by atoms with E-state index in [-0.39, 0.29) is 5.56 Å². The maximum absolute atomic E-state index is 12.8. The first kappa shape index (κ1) is 8.83. The number of rotatable bonds is 2. The molecule has 0 aromatic heterocycles. The third-order valence-electron chi connectivity index (χ3n) is 1.37. The van der Waals surface area contributed by atoms with Gasteiger partial charge in [0.05, 0.1) is 5.56 Å². The van der Waals surface area contributed by atoms with E-state index < -0.39 is 17.9 Å². The smallest absolute Gasteiger partial charge is 0.221 e. The average Bonchev–Trinajstić information content (AvgIpc) is 2.04. The van der Waals surface area contributed by atoms with Crippen LogP contribution in [0.15, 0.2) is 24.3 Å². The number of ketones is 1. The van der Waals surface area contributed by atoms with Crippen molar-refractivity contribution >= 4 is 5.78 Å². The second-order valence-corrected chi connectivity index (χ2v) is 2.22. The quantitative estimate of drug-likeness (QED) is 0.496. The van der Waals surface area contributed by atoms with Crippen LogP contribution in [0.1, 0.15) is 10.4 Å². The van der Waals surface area contributed by atoms with Crippen LogP contribution in [-0.2, 0) is 0 Å². The van der Waals surface area contributed by atoms with Gasteiger partial charge in [-0.2, -0.15) is 0 Å². The molecule has 1 aromatic rings. The highest BCUT2D eigenvalue weighted by Crippen LogP contribution is 2.08. The highest BCUT2D eigenvalue weighted by atomic mass is 19.1. The van der Waals surface area contributed by atoms with E-state index in [0.717, 1.165) is 6.07 Å². The predicted molar refractivity (Wildman–Crippen MR) is 39.0 cm³/mol. The minimum absolute atomic E-state index is 0.312. The van der Waals surface area contributed by atoms with Crippen LogP contribution in [0.5, 0.6) is 0 Å². The van der Waals surface area contributed by atoms with Gasteiger partial charge < -0.3 is 10.2 Å². The molecule has 0 saturated heterocycles. The number of hydrogen-bond acceptors (Lipinski definition) is 3. The third kappa shape index (κ3) is 1.66. The highest BCUT2D eigenvalue weighted by molar-refractivity contribution is 5.98. The van der Waals surface area contributed by atoms with Gasteiger partial charge in [0.1, 0.15) is 5.82 Å². The van der Waals surface area contributed by atoms with Gasteiger partial charge in [-0.1, -0.05) is 12.1 Å². The molecule has 0 aliphatic heterocycles. The molecular formula is C8H7FO3. The maximum atomic E-state index is 12.8. The molecule has 0 bridgehead atoms. The average molecular weight is 170 g/mol. The van der Waals surface area contributed by atoms with Gasteiger partial charge in [-0.3, -0.25) is 4.79 Å². The number of Topliss-reactive ketones (excluding diaryl/α,β-unsaturated/α-hetero) is 1. The van der Waals surface area contributed by atoms with E-state index in [1.54, 1.807) is 0 Å². The van der Waals surface area contributed by atoms with Gasteiger partial charge in [0.2, 0.25) is 12.1 Å². The number of aliphatic hydroxyl groups is 2. The Hall–Kier alpha value is -1.26. The Morgan fingerprint density at radius 1 is 1.33 bits per heavy atom. The zero-order valence-corrected chi connectivity index (χ0v) is 6.07. The molecule has 0 radical (unpaired) electrons. The first-order valence-corrected chi connectivity index (χ1v) is 3.28. The van der Waals surface area contributed by atoms with Crippen LogP contribution in [0, 0.1) is 5.82 Å². The summed E-state index contributed by atoms with van der Waals surface area (Å²) in [4.78, 5) is 10.8. The highest BCUT2D eigenvalue weighted by Gasteiger charge is 2.16. The normalized spacial score (nSPS) is 10.3. The van der Waals surface area contributed by atoms with E-state index in [1.807, 2.05) is 0 Å². The van der Waals surface area contributed by atoms with Crippen LogP contribution in [0.25, 0.3) is 0 Å². The molecule has 0 unspecified atom stereocenters. The Morgan fingerprint density at radius 3 is 2.42 bits per heavy atom. The van der Waals surface area contributed by atoms with Crippen LogP contribution < -0.4 is 0 Å². The molecule has 2 N–H and O–H groups in total. The van der Waals surface area contributed by atoms with Crippen LogP contribution >= 0.6 is 0 Å². The SMILES string of the molecule is O=C(c1ccccc1F)C(O)O. The molecule has 1 rings (SSSR count). The van der Waals surface area contributed by atoms with Crippen molar-refractivity contribution in [3.05, 3.63) is 35.6 Å². The first-order valence-electron chi connectivity index (χ1n) is 3.28. The zero-order valence-electron chi connectivity index (χ0n) is 6.07. The molecule has 4 heteroatoms. The van der Waals surface area contributed by atoms with Crippen molar-refractivity contribution in [2.24, 2.45) is 0 Å². The van der Waals surface area contributed by atoms with E-state index in [2.05, 4.69) is 0 Å². The minimum Gasteiger partial charge on any atom is -0.362 e. The van der Waals surface area contributed by atoms with Crippen LogP contribution in [0.4, 0.5) is 4.39 Å². The number of aliphatic hydroxyl groups excluding tert-OH is 1. The van der Waals surface area contributed by atoms with Crippen molar-refractivity contribution in [3.8, 4) is 0 Å². The summed E-state index contributed by atoms with van der Waals surface area (Å²) >= 11 is 0. The fraction of sp³-hybridized carbons (Fsp3) is 0.125. The largest absolute Gasteiger partial charge is 0.362 e. The summed E-state index contributed by atoms with van der Waals surface area (Å²) in [5.74, 6) is -1.79. The Labute approximate surface area is 68.1 Å². The fourth-order valence-electron chi connectivity index (χ4n) is 0.800. The lowest BCUT2D eigenvalue weighted by molar-refractivity contribution is -0.0198. The van der Waals surface area contributed by atoms with Crippen molar-refractivity contribution in [1.29, 1.82) is 0 Å². The topological polar surface area (TPSA) is 57.5 Å². The van der Waals surface area contributed by atoms with Gasteiger partial charge in [-0.15, -0.1) is 0 Å². The predicted octanol–water partition coefficient (Wildman–Crippen LogP) is 0.319. The summed E-state index contributed by atoms with van der Waals surface area (Å²) in [6.45, 7) is 0. The summed E-state index contributed by atoms with van der Waals surface area (Å²) in [7, 11) is 0. The minimum atomic E-state index is -2.15. The van der Waals surface area contributed by atoms with E-state index in [1.165, 1.54) is 18.2 Å². The summed E-state index contributed by atoms with van der Waals surface area (Å²) in [5, 5.41) is 16.9. The Bertz CT molecular complexity index is 296. The van der Waals surface area contributed by atoms with Crippen LogP contribution in [0.3, 0.4) is 0 Å². The number of carbonyl (C=O) groups excluding carboxylic acids is 1. The third-order valence-corrected chi connectivity index (χ3v) is 1.37. The van der Waals surface area contributed by atoms with Crippen molar-refractivity contribution < 1.29 is 19.4 Å². The molecule has 12 heavy (non-hydrogen) atoms. The van der Waals surface area contributed by atoms with E-state index in [9.17, 15) is 9.18 Å². The molecule has 1 aromatic carbocycles. The van der Waals surface area contributed by atoms with Crippen molar-refractivity contribution in [2.45, 2.75) is 6.29 Å². The number of halogens is 1. The molecule has 0 saturated carbocycles. The van der Waals surface area contributed by atoms with Crippen LogP contribution in [0.2, 0.25) is 0 Å². The summed E-state index contributed by atoms with van der Waals surface area (Å²) in [5.41, 5.74) is -0.312. The maximum Gasteiger partial charge on any atom is 0.221 e. The monoisotopic (exact) mass is 170 g/mol. The molecule has 0 amide bonds. The van der Waals surface area contributed by atoms with Crippen molar-refractivity contribution in [1.82, 2.24) is 0 Å². The van der Waals surface area contributed by atoms with Gasteiger partial charge >= 0.3 is 0 Å². The molecule has 0 atom stereocenters. The lowest BCUT2D eigenvalue weighted by atomic mass is 10.1. The van der Waals surface area contributed by atoms with Gasteiger partial charge in [-0.25, -0.2) is 4.39 Å². The first-order chi connectivity index (χ1) is 5.63. The van der Waals surface area contributed by atoms with Gasteiger partial charge in [-0.05, 0) is 12.1 Å². The van der Waals surface area contributed by atoms with Crippen molar-refractivity contribution in [3.63, 3.8) is 0 Å². The van der Waals surface area contributed by atoms with E-state index in [4.69, 9.17) is 10.2 Å². The molecule has 0 spiro atoms. The molecule has 0 heterocycles. The fourth-order valence-corrected chi connectivity index (χ4v) is 0.800. The number of carbonyl (C=O) groups is 1. The summed E-state index contributed by atoms with van der Waals surface area (Å²) in [6, 6.07) is 5.13. The Kier molecular flexibility index (Phi) is 2.52. The standard InChI is InChI=1S/C8H7FO3/c9-6-4-2-1-3-5(6)7(10)8(11)12/h1-4,8,11-12H. The summed E-state index contributed by atoms with van der Waals surface area (Å²) in [6.07, 6.45) is -2.15. The second-order valence-electron chi connectivity index (χ2n) is 2.22. The van der Waals surface area contributed by atoms with Crippen molar-refractivity contribution in [2.75, 3.05) is 0 Å². The number of benzene rings is 1. The molecule has 3 nitrogen and oxygen atoms in total. The van der Waals surface area contributed by atoms with Gasteiger partial charge in [0, 0.05) is 0 Å². The number of hydrogen-bond donors (Lipinski definition) is 2. The summed E-state index contributed by atoms with van der Waals surface area (Å²) < 4.78 is 12.8. The molecule has 0 aliphatic rings. The Balaban J connectivity index is 3.03. The van der Waals surface area contributed by atoms with Gasteiger partial charge in [0.25, 0.3) is 0 Å². The van der Waals surface area contributed by atoms with Gasteiger partial charge in [0.15, 0.2) is 0 Å². The lowest BCUT2D eigenvalue weighted by Crippen LogP contribution is -2.20.